The standard InChI is InChI=1S/C9H5BrF3IO/c1-4(15)5-2-3-6(10)8(14)7(5)9(11,12)13/h2-3H,1H3. The van der Waals surface area contributed by atoms with Crippen molar-refractivity contribution in [1.29, 1.82) is 0 Å². The van der Waals surface area contributed by atoms with Crippen molar-refractivity contribution in [3.63, 3.8) is 0 Å². The largest absolute Gasteiger partial charge is 0.418 e. The van der Waals surface area contributed by atoms with Crippen molar-refractivity contribution < 1.29 is 18.0 Å². The zero-order valence-corrected chi connectivity index (χ0v) is 11.2. The Balaban J connectivity index is 3.57. The molecule has 15 heavy (non-hydrogen) atoms. The fourth-order valence-corrected chi connectivity index (χ4v) is 2.23. The minimum atomic E-state index is -4.51. The molecule has 0 radical (unpaired) electrons. The Morgan fingerprint density at radius 2 is 1.93 bits per heavy atom. The number of hydrogen-bond donors (Lipinski definition) is 0. The summed E-state index contributed by atoms with van der Waals surface area (Å²) >= 11 is 4.57. The van der Waals surface area contributed by atoms with Gasteiger partial charge in [0.2, 0.25) is 0 Å². The number of carbonyl (C=O) groups is 1. The van der Waals surface area contributed by atoms with E-state index in [-0.39, 0.29) is 9.13 Å². The van der Waals surface area contributed by atoms with E-state index in [2.05, 4.69) is 15.9 Å². The Bertz CT molecular complexity index is 415. The van der Waals surface area contributed by atoms with Gasteiger partial charge in [0, 0.05) is 13.6 Å². The highest BCUT2D eigenvalue weighted by molar-refractivity contribution is 14.1. The monoisotopic (exact) mass is 392 g/mol. The van der Waals surface area contributed by atoms with Crippen LogP contribution < -0.4 is 0 Å². The number of halogens is 5. The second-order valence-electron chi connectivity index (χ2n) is 2.84. The minimum absolute atomic E-state index is 0.00722. The van der Waals surface area contributed by atoms with Crippen molar-refractivity contribution in [1.82, 2.24) is 0 Å². The maximum Gasteiger partial charge on any atom is 0.418 e. The topological polar surface area (TPSA) is 17.1 Å². The Morgan fingerprint density at radius 1 is 1.40 bits per heavy atom. The highest BCUT2D eigenvalue weighted by Crippen LogP contribution is 2.38. The lowest BCUT2D eigenvalue weighted by Crippen LogP contribution is -2.14. The molecule has 0 unspecified atom stereocenters. The van der Waals surface area contributed by atoms with Crippen LogP contribution in [-0.4, -0.2) is 5.78 Å². The van der Waals surface area contributed by atoms with Gasteiger partial charge in [-0.25, -0.2) is 0 Å². The second kappa shape index (κ2) is 4.40. The number of Topliss-reactive ketones (excluding diaryl/α,β-unsaturated/α-hetero) is 1. The molecule has 0 amide bonds. The lowest BCUT2D eigenvalue weighted by Gasteiger charge is -2.13. The van der Waals surface area contributed by atoms with Crippen molar-refractivity contribution in [3.05, 3.63) is 31.3 Å². The number of carbonyl (C=O) groups excluding carboxylic acids is 1. The van der Waals surface area contributed by atoms with E-state index in [0.29, 0.717) is 4.47 Å². The quantitative estimate of drug-likeness (QED) is 0.515. The van der Waals surface area contributed by atoms with Gasteiger partial charge in [-0.3, -0.25) is 4.79 Å². The lowest BCUT2D eigenvalue weighted by molar-refractivity contribution is -0.138. The fraction of sp³-hybridized carbons (Fsp3) is 0.222. The van der Waals surface area contributed by atoms with E-state index in [1.54, 1.807) is 22.6 Å². The average Bonchev–Trinajstić information content (AvgIpc) is 2.06. The molecule has 0 saturated carbocycles. The van der Waals surface area contributed by atoms with E-state index in [1.807, 2.05) is 0 Å². The molecule has 0 atom stereocenters. The Labute approximate surface area is 106 Å². The second-order valence-corrected chi connectivity index (χ2v) is 4.77. The highest BCUT2D eigenvalue weighted by Gasteiger charge is 2.37. The van der Waals surface area contributed by atoms with Gasteiger partial charge in [0.15, 0.2) is 5.78 Å². The van der Waals surface area contributed by atoms with Crippen molar-refractivity contribution >= 4 is 44.3 Å². The molecule has 0 bridgehead atoms. The molecule has 1 aromatic carbocycles. The van der Waals surface area contributed by atoms with Crippen LogP contribution >= 0.6 is 38.5 Å². The van der Waals surface area contributed by atoms with Crippen LogP contribution in [-0.2, 0) is 6.18 Å². The van der Waals surface area contributed by atoms with E-state index in [9.17, 15) is 18.0 Å². The van der Waals surface area contributed by atoms with Crippen molar-refractivity contribution in [3.8, 4) is 0 Å². The van der Waals surface area contributed by atoms with Gasteiger partial charge >= 0.3 is 6.18 Å². The summed E-state index contributed by atoms with van der Waals surface area (Å²) in [7, 11) is 0. The molecular weight excluding hydrogens is 388 g/mol. The minimum Gasteiger partial charge on any atom is -0.294 e. The van der Waals surface area contributed by atoms with Crippen molar-refractivity contribution in [2.45, 2.75) is 13.1 Å². The first kappa shape index (κ1) is 13.0. The Hall–Kier alpha value is -0.110. The number of benzene rings is 1. The number of hydrogen-bond acceptors (Lipinski definition) is 1. The summed E-state index contributed by atoms with van der Waals surface area (Å²) in [5.74, 6) is -0.590. The van der Waals surface area contributed by atoms with Gasteiger partial charge in [-0.05, 0) is 57.6 Å². The lowest BCUT2D eigenvalue weighted by atomic mass is 10.0. The summed E-state index contributed by atoms with van der Waals surface area (Å²) in [4.78, 5) is 11.1. The molecule has 0 aliphatic heterocycles. The summed E-state index contributed by atoms with van der Waals surface area (Å²) < 4.78 is 38.4. The predicted molar refractivity (Wildman–Crippen MR) is 61.9 cm³/mol. The molecule has 82 valence electrons. The molecule has 1 aromatic rings. The van der Waals surface area contributed by atoms with Gasteiger partial charge in [-0.1, -0.05) is 0 Å². The van der Waals surface area contributed by atoms with Gasteiger partial charge in [0.1, 0.15) is 0 Å². The summed E-state index contributed by atoms with van der Waals surface area (Å²) in [6.07, 6.45) is -4.51. The maximum absolute atomic E-state index is 12.7. The smallest absolute Gasteiger partial charge is 0.294 e. The van der Waals surface area contributed by atoms with E-state index in [4.69, 9.17) is 0 Å². The van der Waals surface area contributed by atoms with Gasteiger partial charge in [-0.15, -0.1) is 0 Å². The van der Waals surface area contributed by atoms with Crippen LogP contribution in [0.1, 0.15) is 22.8 Å². The number of ketones is 1. The van der Waals surface area contributed by atoms with Crippen LogP contribution in [0.25, 0.3) is 0 Å². The van der Waals surface area contributed by atoms with Crippen LogP contribution in [0.15, 0.2) is 16.6 Å². The first-order valence-electron chi connectivity index (χ1n) is 3.81. The summed E-state index contributed by atoms with van der Waals surface area (Å²) in [6.45, 7) is 1.12. The highest BCUT2D eigenvalue weighted by atomic mass is 127. The first-order valence-corrected chi connectivity index (χ1v) is 5.68. The molecule has 0 N–H and O–H groups in total. The Kier molecular flexibility index (Phi) is 3.80. The van der Waals surface area contributed by atoms with Gasteiger partial charge in [0.25, 0.3) is 0 Å². The summed E-state index contributed by atoms with van der Waals surface area (Å²) in [6, 6.07) is 2.62. The van der Waals surface area contributed by atoms with Crippen LogP contribution in [0.4, 0.5) is 13.2 Å². The molecule has 1 nitrogen and oxygen atoms in total. The van der Waals surface area contributed by atoms with Crippen LogP contribution in [0.3, 0.4) is 0 Å². The third-order valence-electron chi connectivity index (χ3n) is 1.76. The van der Waals surface area contributed by atoms with Gasteiger partial charge in [-0.2, -0.15) is 13.2 Å². The van der Waals surface area contributed by atoms with E-state index in [0.717, 1.165) is 6.92 Å². The molecule has 0 aliphatic carbocycles. The van der Waals surface area contributed by atoms with Crippen LogP contribution in [0, 0.1) is 3.57 Å². The van der Waals surface area contributed by atoms with E-state index < -0.39 is 17.5 Å². The maximum atomic E-state index is 12.7. The normalized spacial score (nSPS) is 11.6. The zero-order valence-electron chi connectivity index (χ0n) is 7.45. The van der Waals surface area contributed by atoms with Crippen molar-refractivity contribution in [2.24, 2.45) is 0 Å². The molecule has 0 spiro atoms. The van der Waals surface area contributed by atoms with Crippen LogP contribution in [0.5, 0.6) is 0 Å². The average molecular weight is 393 g/mol. The molecule has 6 heteroatoms. The Morgan fingerprint density at radius 3 is 2.33 bits per heavy atom. The van der Waals surface area contributed by atoms with Gasteiger partial charge in [0.05, 0.1) is 5.56 Å². The molecule has 1 rings (SSSR count). The van der Waals surface area contributed by atoms with Crippen molar-refractivity contribution in [2.75, 3.05) is 0 Å². The zero-order chi connectivity index (χ0) is 11.8. The number of rotatable bonds is 1. The number of alkyl halides is 3. The molecule has 0 fully saturated rings. The molecule has 0 aromatic heterocycles. The molecular formula is C9H5BrF3IO. The molecule has 0 aliphatic rings. The predicted octanol–water partition coefficient (Wildman–Crippen LogP) is 4.28. The first-order chi connectivity index (χ1) is 6.75. The molecule has 0 heterocycles. The third-order valence-corrected chi connectivity index (χ3v) is 4.28. The summed E-state index contributed by atoms with van der Waals surface area (Å²) in [5.41, 5.74) is -1.17. The SMILES string of the molecule is CC(=O)c1ccc(Br)c(I)c1C(F)(F)F. The van der Waals surface area contributed by atoms with E-state index in [1.165, 1.54) is 12.1 Å². The fourth-order valence-electron chi connectivity index (χ4n) is 1.12. The third kappa shape index (κ3) is 2.72. The summed E-state index contributed by atoms with van der Waals surface area (Å²) in [5, 5.41) is 0. The van der Waals surface area contributed by atoms with Crippen LogP contribution in [0.2, 0.25) is 0 Å². The molecule has 0 saturated heterocycles. The van der Waals surface area contributed by atoms with Gasteiger partial charge < -0.3 is 0 Å². The van der Waals surface area contributed by atoms with E-state index >= 15 is 0 Å².